The van der Waals surface area contributed by atoms with Crippen LogP contribution in [0.1, 0.15) is 23.2 Å². The van der Waals surface area contributed by atoms with Gasteiger partial charge in [0.25, 0.3) is 6.43 Å². The predicted octanol–water partition coefficient (Wildman–Crippen LogP) is 3.16. The van der Waals surface area contributed by atoms with Crippen LogP contribution in [-0.4, -0.2) is 17.1 Å². The maximum Gasteiger partial charge on any atom is 0.316 e. The molecule has 3 nitrogen and oxygen atoms in total. The van der Waals surface area contributed by atoms with E-state index in [1.807, 2.05) is 0 Å². The molecular formula is C13H10F3N2O. The van der Waals surface area contributed by atoms with Crippen molar-refractivity contribution in [3.05, 3.63) is 59.5 Å². The molecule has 0 saturated heterocycles. The molecule has 1 aromatic carbocycles. The van der Waals surface area contributed by atoms with Crippen LogP contribution in [-0.2, 0) is 0 Å². The minimum absolute atomic E-state index is 0.171. The zero-order valence-corrected chi connectivity index (χ0v) is 9.98. The molecule has 2 rings (SSSR count). The average Bonchev–Trinajstić information content (AvgIpc) is 2.41. The van der Waals surface area contributed by atoms with Crippen molar-refractivity contribution in [2.75, 3.05) is 7.11 Å². The molecule has 0 amide bonds. The Labute approximate surface area is 108 Å². The highest BCUT2D eigenvalue weighted by Crippen LogP contribution is 2.24. The summed E-state index contributed by atoms with van der Waals surface area (Å²) in [5.41, 5.74) is 0.283. The molecule has 0 fully saturated rings. The van der Waals surface area contributed by atoms with E-state index in [0.717, 1.165) is 12.1 Å². The number of benzene rings is 1. The second-order valence-electron chi connectivity index (χ2n) is 3.69. The minimum atomic E-state index is -2.85. The molecule has 0 spiro atoms. The fraction of sp³-hybridized carbons (Fsp3) is 0.154. The van der Waals surface area contributed by atoms with E-state index in [9.17, 15) is 13.2 Å². The third-order valence-electron chi connectivity index (χ3n) is 2.41. The Morgan fingerprint density at radius 2 is 2.05 bits per heavy atom. The molecule has 1 heterocycles. The van der Waals surface area contributed by atoms with Gasteiger partial charge in [-0.15, -0.1) is 0 Å². The van der Waals surface area contributed by atoms with E-state index in [-0.39, 0.29) is 6.01 Å². The van der Waals surface area contributed by atoms with E-state index >= 15 is 0 Å². The summed E-state index contributed by atoms with van der Waals surface area (Å²) in [5.74, 6) is -0.924. The number of hydrogen-bond donors (Lipinski definition) is 0. The molecule has 0 aliphatic rings. The van der Waals surface area contributed by atoms with Gasteiger partial charge in [0.1, 0.15) is 5.82 Å². The number of ether oxygens (including phenoxy) is 1. The van der Waals surface area contributed by atoms with E-state index < -0.39 is 17.8 Å². The molecule has 99 valence electrons. The van der Waals surface area contributed by atoms with Crippen molar-refractivity contribution in [2.45, 2.75) is 6.43 Å². The quantitative estimate of drug-likeness (QED) is 0.853. The minimum Gasteiger partial charge on any atom is -0.467 e. The monoisotopic (exact) mass is 267 g/mol. The second-order valence-corrected chi connectivity index (χ2v) is 3.69. The predicted molar refractivity (Wildman–Crippen MR) is 62.4 cm³/mol. The van der Waals surface area contributed by atoms with Crippen molar-refractivity contribution in [3.63, 3.8) is 0 Å². The summed E-state index contributed by atoms with van der Waals surface area (Å²) in [5, 5.41) is 0. The highest BCUT2D eigenvalue weighted by molar-refractivity contribution is 5.36. The summed E-state index contributed by atoms with van der Waals surface area (Å²) in [4.78, 5) is 7.84. The Morgan fingerprint density at radius 3 is 2.74 bits per heavy atom. The lowest BCUT2D eigenvalue weighted by molar-refractivity contribution is 0.146. The number of aromatic nitrogens is 2. The highest BCUT2D eigenvalue weighted by atomic mass is 19.3. The van der Waals surface area contributed by atoms with Gasteiger partial charge in [-0.1, -0.05) is 6.07 Å². The van der Waals surface area contributed by atoms with Crippen LogP contribution < -0.4 is 4.74 Å². The van der Waals surface area contributed by atoms with Crippen molar-refractivity contribution in [1.29, 1.82) is 0 Å². The third kappa shape index (κ3) is 3.21. The zero-order chi connectivity index (χ0) is 13.8. The van der Waals surface area contributed by atoms with Crippen molar-refractivity contribution < 1.29 is 17.9 Å². The van der Waals surface area contributed by atoms with Crippen LogP contribution >= 0.6 is 0 Å². The Bertz CT molecular complexity index is 576. The fourth-order valence-corrected chi connectivity index (χ4v) is 1.52. The first-order valence-corrected chi connectivity index (χ1v) is 5.39. The SMILES string of the molecule is COc1nccc([CH]c2ccc(F)c(C(F)F)c2)n1. The third-order valence-corrected chi connectivity index (χ3v) is 2.41. The molecule has 1 aromatic heterocycles. The summed E-state index contributed by atoms with van der Waals surface area (Å²) >= 11 is 0. The molecule has 0 N–H and O–H groups in total. The molecule has 0 atom stereocenters. The van der Waals surface area contributed by atoms with Crippen molar-refractivity contribution in [3.8, 4) is 6.01 Å². The lowest BCUT2D eigenvalue weighted by Gasteiger charge is -2.06. The van der Waals surface area contributed by atoms with Gasteiger partial charge in [0.2, 0.25) is 0 Å². The first-order chi connectivity index (χ1) is 9.10. The van der Waals surface area contributed by atoms with Gasteiger partial charge in [0.05, 0.1) is 18.4 Å². The van der Waals surface area contributed by atoms with Gasteiger partial charge in [0.15, 0.2) is 0 Å². The van der Waals surface area contributed by atoms with Gasteiger partial charge in [-0.25, -0.2) is 18.2 Å². The first kappa shape index (κ1) is 13.3. The Hall–Kier alpha value is -2.11. The molecule has 6 heteroatoms. The van der Waals surface area contributed by atoms with Gasteiger partial charge in [0, 0.05) is 12.6 Å². The van der Waals surface area contributed by atoms with Gasteiger partial charge >= 0.3 is 6.01 Å². The summed E-state index contributed by atoms with van der Waals surface area (Å²) in [7, 11) is 1.42. The normalized spacial score (nSPS) is 10.8. The lowest BCUT2D eigenvalue weighted by atomic mass is 10.1. The zero-order valence-electron chi connectivity index (χ0n) is 9.98. The first-order valence-electron chi connectivity index (χ1n) is 5.39. The van der Waals surface area contributed by atoms with E-state index in [4.69, 9.17) is 4.74 Å². The fourth-order valence-electron chi connectivity index (χ4n) is 1.52. The van der Waals surface area contributed by atoms with E-state index in [1.54, 1.807) is 6.07 Å². The van der Waals surface area contributed by atoms with Crippen molar-refractivity contribution >= 4 is 0 Å². The maximum absolute atomic E-state index is 13.1. The molecule has 0 aliphatic carbocycles. The van der Waals surface area contributed by atoms with Gasteiger partial charge < -0.3 is 4.74 Å². The van der Waals surface area contributed by atoms with Crippen molar-refractivity contribution in [2.24, 2.45) is 0 Å². The summed E-state index contributed by atoms with van der Waals surface area (Å²) in [6.45, 7) is 0. The van der Waals surface area contributed by atoms with Crippen LogP contribution in [0.5, 0.6) is 6.01 Å². The molecule has 19 heavy (non-hydrogen) atoms. The van der Waals surface area contributed by atoms with E-state index in [2.05, 4.69) is 9.97 Å². The molecule has 0 saturated carbocycles. The highest BCUT2D eigenvalue weighted by Gasteiger charge is 2.14. The second kappa shape index (κ2) is 5.69. The van der Waals surface area contributed by atoms with Crippen LogP contribution in [0.25, 0.3) is 0 Å². The molecule has 0 unspecified atom stereocenters. The Morgan fingerprint density at radius 1 is 1.26 bits per heavy atom. The lowest BCUT2D eigenvalue weighted by Crippen LogP contribution is -1.97. The molecular weight excluding hydrogens is 257 g/mol. The Kier molecular flexibility index (Phi) is 3.99. The molecule has 1 radical (unpaired) electrons. The maximum atomic E-state index is 13.1. The number of halogens is 3. The van der Waals surface area contributed by atoms with Crippen LogP contribution in [0.2, 0.25) is 0 Å². The van der Waals surface area contributed by atoms with Crippen LogP contribution in [0.3, 0.4) is 0 Å². The molecule has 0 bridgehead atoms. The smallest absolute Gasteiger partial charge is 0.316 e. The number of rotatable bonds is 4. The number of nitrogens with zero attached hydrogens (tertiary/aromatic N) is 2. The molecule has 2 aromatic rings. The molecule has 0 aliphatic heterocycles. The van der Waals surface area contributed by atoms with Gasteiger partial charge in [-0.3, -0.25) is 0 Å². The Balaban J connectivity index is 2.25. The number of methoxy groups -OCH3 is 1. The van der Waals surface area contributed by atoms with Crippen LogP contribution in [0, 0.1) is 12.2 Å². The van der Waals surface area contributed by atoms with Gasteiger partial charge in [-0.2, -0.15) is 4.98 Å². The summed E-state index contributed by atoms with van der Waals surface area (Å²) in [6, 6.07) is 5.26. The number of alkyl halides is 2. The largest absolute Gasteiger partial charge is 0.467 e. The summed E-state index contributed by atoms with van der Waals surface area (Å²) < 4.78 is 43.1. The van der Waals surface area contributed by atoms with Crippen LogP contribution in [0.15, 0.2) is 30.5 Å². The van der Waals surface area contributed by atoms with Crippen LogP contribution in [0.4, 0.5) is 13.2 Å². The standard InChI is InChI=1S/C13H10F3N2O/c1-19-13-17-5-4-9(18-13)6-8-2-3-11(14)10(7-8)12(15)16/h2-7,12H,1H3. The van der Waals surface area contributed by atoms with Crippen molar-refractivity contribution in [1.82, 2.24) is 9.97 Å². The van der Waals surface area contributed by atoms with E-state index in [0.29, 0.717) is 11.3 Å². The van der Waals surface area contributed by atoms with E-state index in [1.165, 1.54) is 25.8 Å². The number of hydrogen-bond acceptors (Lipinski definition) is 3. The van der Waals surface area contributed by atoms with Gasteiger partial charge in [-0.05, 0) is 23.8 Å². The average molecular weight is 267 g/mol. The topological polar surface area (TPSA) is 35.0 Å². The summed E-state index contributed by atoms with van der Waals surface area (Å²) in [6.07, 6.45) is 0.165.